The lowest BCUT2D eigenvalue weighted by atomic mass is 10.0. The fourth-order valence-corrected chi connectivity index (χ4v) is 2.28. The Morgan fingerprint density at radius 1 is 1.04 bits per heavy atom. The van der Waals surface area contributed by atoms with Gasteiger partial charge < -0.3 is 11.1 Å². The van der Waals surface area contributed by atoms with E-state index in [-0.39, 0.29) is 6.42 Å². The summed E-state index contributed by atoms with van der Waals surface area (Å²) >= 11 is 5.81. The molecule has 7 nitrogen and oxygen atoms in total. The average Bonchev–Trinajstić information content (AvgIpc) is 2.62. The molecule has 0 aliphatic carbocycles. The number of hydrogen-bond acceptors (Lipinski definition) is 4. The lowest BCUT2D eigenvalue weighted by molar-refractivity contribution is -0.139. The monoisotopic (exact) mass is 375 g/mol. The molecule has 0 fully saturated rings. The number of nitrogens with one attached hydrogen (secondary N) is 2. The quantitative estimate of drug-likeness (QED) is 0.602. The van der Waals surface area contributed by atoms with E-state index in [2.05, 4.69) is 10.8 Å². The first-order valence-electron chi connectivity index (χ1n) is 7.76. The third-order valence-corrected chi connectivity index (χ3v) is 3.65. The zero-order valence-corrected chi connectivity index (χ0v) is 14.5. The van der Waals surface area contributed by atoms with Gasteiger partial charge in [-0.3, -0.25) is 19.2 Å². The molecule has 0 saturated carbocycles. The van der Waals surface area contributed by atoms with Crippen LogP contribution in [-0.2, 0) is 20.8 Å². The molecule has 0 unspecified atom stereocenters. The van der Waals surface area contributed by atoms with Crippen molar-refractivity contribution in [2.24, 2.45) is 5.73 Å². The topological polar surface area (TPSA) is 111 Å². The summed E-state index contributed by atoms with van der Waals surface area (Å²) in [5.41, 5.74) is 8.28. The summed E-state index contributed by atoms with van der Waals surface area (Å²) in [5, 5.41) is 3.15. The highest BCUT2D eigenvalue weighted by molar-refractivity contribution is 6.30. The van der Waals surface area contributed by atoms with Crippen molar-refractivity contribution in [3.8, 4) is 0 Å². The van der Waals surface area contributed by atoms with E-state index in [1.165, 1.54) is 0 Å². The van der Waals surface area contributed by atoms with Crippen LogP contribution >= 0.6 is 11.6 Å². The van der Waals surface area contributed by atoms with E-state index in [9.17, 15) is 14.4 Å². The Morgan fingerprint density at radius 2 is 1.69 bits per heavy atom. The lowest BCUT2D eigenvalue weighted by Crippen LogP contribution is -2.48. The Balaban J connectivity index is 2.08. The summed E-state index contributed by atoms with van der Waals surface area (Å²) in [4.78, 5) is 40.2. The van der Waals surface area contributed by atoms with Gasteiger partial charge in [-0.15, -0.1) is 0 Å². The first-order valence-corrected chi connectivity index (χ1v) is 8.14. The number of primary amides is 1. The van der Waals surface area contributed by atoms with E-state index < -0.39 is 30.4 Å². The van der Waals surface area contributed by atoms with Gasteiger partial charge in [-0.2, -0.15) is 0 Å². The fraction of sp³-hybridized carbons (Fsp3) is 0.167. The number of hydrogen-bond donors (Lipinski definition) is 3. The number of rotatable bonds is 8. The van der Waals surface area contributed by atoms with E-state index in [0.717, 1.165) is 5.56 Å². The van der Waals surface area contributed by atoms with Gasteiger partial charge in [0.1, 0.15) is 6.04 Å². The van der Waals surface area contributed by atoms with Gasteiger partial charge in [0.2, 0.25) is 5.91 Å². The van der Waals surface area contributed by atoms with Crippen molar-refractivity contribution in [3.63, 3.8) is 0 Å². The molecule has 8 heteroatoms. The van der Waals surface area contributed by atoms with Crippen molar-refractivity contribution in [2.45, 2.75) is 12.5 Å². The summed E-state index contributed by atoms with van der Waals surface area (Å²) in [6.45, 7) is -0.463. The summed E-state index contributed by atoms with van der Waals surface area (Å²) in [6, 6.07) is 14.5. The van der Waals surface area contributed by atoms with Crippen molar-refractivity contribution in [1.29, 1.82) is 0 Å². The molecule has 0 heterocycles. The number of halogens is 1. The third kappa shape index (κ3) is 6.19. The van der Waals surface area contributed by atoms with Gasteiger partial charge in [-0.05, 0) is 29.8 Å². The fourth-order valence-electron chi connectivity index (χ4n) is 2.15. The number of carbonyl (C=O) groups excluding carboxylic acids is 3. The lowest BCUT2D eigenvalue weighted by Gasteiger charge is -2.18. The zero-order valence-electron chi connectivity index (χ0n) is 13.8. The summed E-state index contributed by atoms with van der Waals surface area (Å²) in [6.07, 6.45) is 0.242. The molecule has 4 N–H and O–H groups in total. The van der Waals surface area contributed by atoms with Crippen molar-refractivity contribution in [2.75, 3.05) is 6.61 Å². The van der Waals surface area contributed by atoms with Crippen LogP contribution in [0.5, 0.6) is 0 Å². The molecule has 26 heavy (non-hydrogen) atoms. The molecule has 2 aromatic carbocycles. The number of hydroxylamine groups is 1. The van der Waals surface area contributed by atoms with Crippen LogP contribution in [-0.4, -0.2) is 30.4 Å². The van der Waals surface area contributed by atoms with E-state index in [0.29, 0.717) is 10.6 Å². The molecular formula is C18H18ClN3O4. The summed E-state index contributed by atoms with van der Waals surface area (Å²) in [7, 11) is 0. The molecule has 0 aliphatic rings. The van der Waals surface area contributed by atoms with Crippen LogP contribution in [0.15, 0.2) is 54.6 Å². The van der Waals surface area contributed by atoms with Gasteiger partial charge >= 0.3 is 0 Å². The Labute approximate surface area is 155 Å². The van der Waals surface area contributed by atoms with E-state index >= 15 is 0 Å². The first-order chi connectivity index (χ1) is 12.5. The molecule has 0 bridgehead atoms. The molecule has 0 aliphatic heterocycles. The molecule has 2 rings (SSSR count). The minimum Gasteiger partial charge on any atom is -0.368 e. The number of nitrogens with two attached hydrogens (primary N) is 1. The zero-order chi connectivity index (χ0) is 18.9. The second-order valence-electron chi connectivity index (χ2n) is 5.44. The van der Waals surface area contributed by atoms with Gasteiger partial charge in [0, 0.05) is 17.0 Å². The van der Waals surface area contributed by atoms with Crippen LogP contribution in [0, 0.1) is 0 Å². The van der Waals surface area contributed by atoms with E-state index in [4.69, 9.17) is 22.2 Å². The maximum atomic E-state index is 12.4. The highest BCUT2D eigenvalue weighted by atomic mass is 35.5. The van der Waals surface area contributed by atoms with Gasteiger partial charge in [-0.25, -0.2) is 5.48 Å². The van der Waals surface area contributed by atoms with Gasteiger partial charge in [0.05, 0.1) is 0 Å². The first kappa shape index (κ1) is 19.4. The molecule has 0 spiro atoms. The number of amides is 3. The normalized spacial score (nSPS) is 11.4. The van der Waals surface area contributed by atoms with Gasteiger partial charge in [0.25, 0.3) is 11.8 Å². The predicted octanol–water partition coefficient (Wildman–Crippen LogP) is 1.21. The van der Waals surface area contributed by atoms with Crippen LogP contribution in [0.25, 0.3) is 0 Å². The standard InChI is InChI=1S/C18H18ClN3O4/c19-14-8-6-13(7-9-14)17(24)21-15(10-12-4-2-1-3-5-12)18(25)22-26-11-16(20)23/h1-9,15H,10-11H2,(H2,20,23)(H,21,24)(H,22,25)/t15-/m0/s1. The molecule has 0 saturated heterocycles. The molecular weight excluding hydrogens is 358 g/mol. The molecule has 136 valence electrons. The van der Waals surface area contributed by atoms with Crippen LogP contribution in [0.3, 0.4) is 0 Å². The van der Waals surface area contributed by atoms with Gasteiger partial charge in [0.15, 0.2) is 6.61 Å². The predicted molar refractivity (Wildman–Crippen MR) is 96.1 cm³/mol. The van der Waals surface area contributed by atoms with Crippen molar-refractivity contribution < 1.29 is 19.2 Å². The average molecular weight is 376 g/mol. The van der Waals surface area contributed by atoms with Crippen LogP contribution in [0.4, 0.5) is 0 Å². The SMILES string of the molecule is NC(=O)CONC(=O)[C@H](Cc1ccccc1)NC(=O)c1ccc(Cl)cc1. The van der Waals surface area contributed by atoms with Crippen molar-refractivity contribution >= 4 is 29.3 Å². The Morgan fingerprint density at radius 3 is 2.31 bits per heavy atom. The van der Waals surface area contributed by atoms with Crippen molar-refractivity contribution in [3.05, 3.63) is 70.7 Å². The highest BCUT2D eigenvalue weighted by Gasteiger charge is 2.22. The van der Waals surface area contributed by atoms with Crippen LogP contribution < -0.4 is 16.5 Å². The van der Waals surface area contributed by atoms with Gasteiger partial charge in [-0.1, -0.05) is 41.9 Å². The molecule has 0 aromatic heterocycles. The minimum atomic E-state index is -0.909. The second kappa shape index (κ2) is 9.55. The summed E-state index contributed by atoms with van der Waals surface area (Å²) < 4.78 is 0. The smallest absolute Gasteiger partial charge is 0.266 e. The Bertz CT molecular complexity index is 766. The van der Waals surface area contributed by atoms with E-state index in [1.807, 2.05) is 30.3 Å². The maximum absolute atomic E-state index is 12.4. The molecule has 3 amide bonds. The third-order valence-electron chi connectivity index (χ3n) is 3.40. The Kier molecular flexibility index (Phi) is 7.13. The van der Waals surface area contributed by atoms with Crippen molar-refractivity contribution in [1.82, 2.24) is 10.8 Å². The largest absolute Gasteiger partial charge is 0.368 e. The van der Waals surface area contributed by atoms with Crippen LogP contribution in [0.1, 0.15) is 15.9 Å². The van der Waals surface area contributed by atoms with E-state index in [1.54, 1.807) is 24.3 Å². The Hall–Kier alpha value is -2.90. The number of carbonyl (C=O) groups is 3. The maximum Gasteiger partial charge on any atom is 0.266 e. The highest BCUT2D eigenvalue weighted by Crippen LogP contribution is 2.10. The molecule has 2 aromatic rings. The summed E-state index contributed by atoms with van der Waals surface area (Å²) in [5.74, 6) is -1.76. The molecule has 1 atom stereocenters. The minimum absolute atomic E-state index is 0.242. The number of benzene rings is 2. The van der Waals surface area contributed by atoms with Crippen LogP contribution in [0.2, 0.25) is 5.02 Å². The second-order valence-corrected chi connectivity index (χ2v) is 5.88. The molecule has 0 radical (unpaired) electrons.